The van der Waals surface area contributed by atoms with Crippen molar-refractivity contribution in [2.75, 3.05) is 6.61 Å². The van der Waals surface area contributed by atoms with E-state index in [0.29, 0.717) is 0 Å². The summed E-state index contributed by atoms with van der Waals surface area (Å²) in [5, 5.41) is 21.1. The van der Waals surface area contributed by atoms with Gasteiger partial charge in [-0.3, -0.25) is 14.4 Å². The lowest BCUT2D eigenvalue weighted by Crippen LogP contribution is -2.70. The third-order valence-corrected chi connectivity index (χ3v) is 9.32. The van der Waals surface area contributed by atoms with Crippen LogP contribution < -0.4 is 0 Å². The molecule has 4 aliphatic rings. The minimum atomic E-state index is -2.27. The Morgan fingerprint density at radius 3 is 2.55 bits per heavy atom. The first-order chi connectivity index (χ1) is 15.3. The monoisotopic (exact) mass is 466 g/mol. The number of allylic oxidation sites excluding steroid dienone is 4. The predicted molar refractivity (Wildman–Crippen MR) is 114 cm³/mol. The highest BCUT2D eigenvalue weighted by atomic mass is 19.1. The number of ketones is 2. The number of halogens is 2. The van der Waals surface area contributed by atoms with Gasteiger partial charge in [-0.05, 0) is 37.3 Å². The zero-order chi connectivity index (χ0) is 24.6. The quantitative estimate of drug-likeness (QED) is 0.618. The second-order valence-electron chi connectivity index (χ2n) is 10.7. The van der Waals surface area contributed by atoms with Gasteiger partial charge in [0.15, 0.2) is 17.1 Å². The van der Waals surface area contributed by atoms with Crippen LogP contribution in [0.1, 0.15) is 59.8 Å². The summed E-state index contributed by atoms with van der Waals surface area (Å²) in [6, 6.07) is 0. The summed E-state index contributed by atoms with van der Waals surface area (Å²) in [7, 11) is 0. The maximum absolute atomic E-state index is 17.2. The number of carbonyl (C=O) groups excluding carboxylic acids is 3. The molecule has 0 aromatic heterocycles. The minimum absolute atomic E-state index is 0.00454. The van der Waals surface area contributed by atoms with E-state index in [1.54, 1.807) is 20.8 Å². The third-order valence-electron chi connectivity index (χ3n) is 9.32. The summed E-state index contributed by atoms with van der Waals surface area (Å²) in [6.45, 7) is 5.63. The second-order valence-corrected chi connectivity index (χ2v) is 10.7. The molecule has 2 fully saturated rings. The molecule has 0 spiro atoms. The van der Waals surface area contributed by atoms with Crippen LogP contribution in [0.2, 0.25) is 0 Å². The maximum atomic E-state index is 17.2. The zero-order valence-electron chi connectivity index (χ0n) is 19.5. The highest BCUT2D eigenvalue weighted by molar-refractivity contribution is 5.94. The van der Waals surface area contributed by atoms with Crippen molar-refractivity contribution in [2.45, 2.75) is 77.2 Å². The van der Waals surface area contributed by atoms with Crippen LogP contribution in [0.15, 0.2) is 23.6 Å². The Bertz CT molecular complexity index is 974. The fourth-order valence-corrected chi connectivity index (χ4v) is 7.74. The molecular formula is C25H32F2O6. The van der Waals surface area contributed by atoms with Crippen LogP contribution in [0.4, 0.5) is 8.78 Å². The summed E-state index contributed by atoms with van der Waals surface area (Å²) in [6.07, 6.45) is 0.541. The number of fused-ring (bicyclic) bond motifs is 5. The first-order valence-electron chi connectivity index (χ1n) is 11.7. The van der Waals surface area contributed by atoms with Crippen molar-refractivity contribution in [3.05, 3.63) is 23.6 Å². The van der Waals surface area contributed by atoms with Crippen molar-refractivity contribution in [1.82, 2.24) is 0 Å². The molecule has 0 bridgehead atoms. The highest BCUT2D eigenvalue weighted by Crippen LogP contribution is 2.71. The molecule has 4 aliphatic carbocycles. The number of aliphatic hydroxyl groups is 2. The SMILES string of the molecule is CCC(=O)O[C@]1(C(=O)CO)[C@H](C)CC2C3CC(F)=C4CC(=O)C=C[C@]4(C)[C@@]3(F)[C@@H](O)C[C@@]21C. The number of hydrogen-bond donors (Lipinski definition) is 2. The molecule has 0 radical (unpaired) electrons. The van der Waals surface area contributed by atoms with Crippen LogP contribution in [0.5, 0.6) is 0 Å². The van der Waals surface area contributed by atoms with E-state index >= 15 is 8.78 Å². The van der Waals surface area contributed by atoms with Crippen LogP contribution in [0.3, 0.4) is 0 Å². The molecule has 0 saturated heterocycles. The van der Waals surface area contributed by atoms with E-state index in [1.165, 1.54) is 19.1 Å². The van der Waals surface area contributed by atoms with Gasteiger partial charge in [-0.25, -0.2) is 8.78 Å². The molecule has 4 rings (SSSR count). The second kappa shape index (κ2) is 7.54. The Labute approximate surface area is 192 Å². The molecule has 8 atom stereocenters. The Morgan fingerprint density at radius 2 is 1.94 bits per heavy atom. The molecule has 33 heavy (non-hydrogen) atoms. The molecule has 2 N–H and O–H groups in total. The van der Waals surface area contributed by atoms with Gasteiger partial charge < -0.3 is 14.9 Å². The summed E-state index contributed by atoms with van der Waals surface area (Å²) in [5.41, 5.74) is -6.67. The van der Waals surface area contributed by atoms with Crippen molar-refractivity contribution in [2.24, 2.45) is 28.6 Å². The van der Waals surface area contributed by atoms with Gasteiger partial charge in [-0.1, -0.05) is 26.8 Å². The van der Waals surface area contributed by atoms with Gasteiger partial charge in [0.25, 0.3) is 0 Å². The Morgan fingerprint density at radius 1 is 1.27 bits per heavy atom. The number of Topliss-reactive ketones (excluding diaryl/α,β-unsaturated/α-hetero) is 1. The number of esters is 1. The standard InChI is InChI=1S/C25H32F2O6/c1-5-21(32)33-25(20(31)12-28)13(2)8-15-16-10-18(26)17-9-14(29)6-7-22(17,3)24(16,27)19(30)11-23(15,25)4/h6-7,13,15-16,19,28,30H,5,8-12H2,1-4H3/t13-,15?,16?,19+,22+,23+,24+,25+/m1/s1. The van der Waals surface area contributed by atoms with Gasteiger partial charge in [0.2, 0.25) is 5.78 Å². The van der Waals surface area contributed by atoms with E-state index in [1.807, 2.05) is 0 Å². The molecule has 0 heterocycles. The molecule has 6 nitrogen and oxygen atoms in total. The molecule has 8 heteroatoms. The van der Waals surface area contributed by atoms with E-state index in [-0.39, 0.29) is 43.5 Å². The van der Waals surface area contributed by atoms with Crippen molar-refractivity contribution < 1.29 is 38.1 Å². The summed E-state index contributed by atoms with van der Waals surface area (Å²) in [4.78, 5) is 37.5. The molecule has 0 aliphatic heterocycles. The first-order valence-corrected chi connectivity index (χ1v) is 11.7. The molecule has 0 aromatic rings. The number of alkyl halides is 1. The summed E-state index contributed by atoms with van der Waals surface area (Å²) < 4.78 is 38.4. The summed E-state index contributed by atoms with van der Waals surface area (Å²) in [5.74, 6) is -4.37. The topological polar surface area (TPSA) is 101 Å². The van der Waals surface area contributed by atoms with Crippen LogP contribution in [0, 0.1) is 28.6 Å². The molecule has 0 amide bonds. The number of hydrogen-bond acceptors (Lipinski definition) is 6. The lowest BCUT2D eigenvalue weighted by atomic mass is 9.45. The molecular weight excluding hydrogens is 434 g/mol. The number of rotatable bonds is 4. The van der Waals surface area contributed by atoms with Crippen LogP contribution in [-0.2, 0) is 19.1 Å². The largest absolute Gasteiger partial charge is 0.450 e. The molecule has 2 unspecified atom stereocenters. The normalized spacial score (nSPS) is 46.5. The van der Waals surface area contributed by atoms with Crippen molar-refractivity contribution in [3.8, 4) is 0 Å². The zero-order valence-corrected chi connectivity index (χ0v) is 19.5. The maximum Gasteiger partial charge on any atom is 0.306 e. The van der Waals surface area contributed by atoms with Crippen molar-refractivity contribution in [1.29, 1.82) is 0 Å². The van der Waals surface area contributed by atoms with Gasteiger partial charge in [-0.15, -0.1) is 0 Å². The highest BCUT2D eigenvalue weighted by Gasteiger charge is 2.77. The van der Waals surface area contributed by atoms with Crippen LogP contribution >= 0.6 is 0 Å². The van der Waals surface area contributed by atoms with Gasteiger partial charge in [0, 0.05) is 41.9 Å². The van der Waals surface area contributed by atoms with Gasteiger partial charge >= 0.3 is 5.97 Å². The predicted octanol–water partition coefficient (Wildman–Crippen LogP) is 3.15. The fourth-order valence-electron chi connectivity index (χ4n) is 7.74. The molecule has 2 saturated carbocycles. The molecule has 0 aromatic carbocycles. The smallest absolute Gasteiger partial charge is 0.306 e. The van der Waals surface area contributed by atoms with Crippen LogP contribution in [-0.4, -0.2) is 51.7 Å². The first kappa shape index (κ1) is 24.2. The Kier molecular flexibility index (Phi) is 5.53. The van der Waals surface area contributed by atoms with Crippen molar-refractivity contribution in [3.63, 3.8) is 0 Å². The fraction of sp³-hybridized carbons (Fsp3) is 0.720. The van der Waals surface area contributed by atoms with E-state index in [4.69, 9.17) is 4.74 Å². The summed E-state index contributed by atoms with van der Waals surface area (Å²) >= 11 is 0. The Balaban J connectivity index is 1.89. The Hall–Kier alpha value is -1.93. The third kappa shape index (κ3) is 2.80. The number of carbonyl (C=O) groups is 3. The molecule has 182 valence electrons. The lowest BCUT2D eigenvalue weighted by Gasteiger charge is -2.62. The van der Waals surface area contributed by atoms with Gasteiger partial charge in [0.1, 0.15) is 12.4 Å². The van der Waals surface area contributed by atoms with E-state index in [2.05, 4.69) is 0 Å². The van der Waals surface area contributed by atoms with E-state index in [0.717, 1.165) is 0 Å². The van der Waals surface area contributed by atoms with Gasteiger partial charge in [-0.2, -0.15) is 0 Å². The average Bonchev–Trinajstić information content (AvgIpc) is 2.98. The van der Waals surface area contributed by atoms with Crippen molar-refractivity contribution >= 4 is 17.5 Å². The number of aliphatic hydroxyl groups excluding tert-OH is 2. The van der Waals surface area contributed by atoms with E-state index in [9.17, 15) is 24.6 Å². The minimum Gasteiger partial charge on any atom is -0.450 e. The average molecular weight is 467 g/mol. The van der Waals surface area contributed by atoms with Gasteiger partial charge in [0.05, 0.1) is 6.10 Å². The lowest BCUT2D eigenvalue weighted by molar-refractivity contribution is -0.226. The number of ether oxygens (including phenoxy) is 1. The van der Waals surface area contributed by atoms with Crippen LogP contribution in [0.25, 0.3) is 0 Å². The van der Waals surface area contributed by atoms with E-state index < -0.39 is 70.1 Å².